The molecular formula is C25H30ClF2NO4. The molecule has 0 unspecified atom stereocenters. The lowest BCUT2D eigenvalue weighted by Gasteiger charge is -2.27. The SMILES string of the molecule is C[C@@H](OC[C@H](O)CN1CCC[C@H]1Cc1ccc(Cl)c(F)c1)c1cccc(F)c1CCC(=O)O. The van der Waals surface area contributed by atoms with E-state index in [-0.39, 0.29) is 30.5 Å². The van der Waals surface area contributed by atoms with Gasteiger partial charge < -0.3 is 14.9 Å². The Kier molecular flexibility index (Phi) is 9.20. The summed E-state index contributed by atoms with van der Waals surface area (Å²) in [6.07, 6.45) is 1.31. The normalized spacial score (nSPS) is 18.4. The largest absolute Gasteiger partial charge is 0.481 e. The van der Waals surface area contributed by atoms with E-state index in [1.165, 1.54) is 12.1 Å². The van der Waals surface area contributed by atoms with Crippen molar-refractivity contribution in [3.05, 3.63) is 69.7 Å². The van der Waals surface area contributed by atoms with E-state index in [9.17, 15) is 18.7 Å². The number of hydrogen-bond acceptors (Lipinski definition) is 4. The smallest absolute Gasteiger partial charge is 0.303 e. The molecule has 0 bridgehead atoms. The predicted octanol–water partition coefficient (Wildman–Crippen LogP) is 4.78. The molecule has 0 aromatic heterocycles. The zero-order valence-corrected chi connectivity index (χ0v) is 19.4. The summed E-state index contributed by atoms with van der Waals surface area (Å²) < 4.78 is 33.9. The van der Waals surface area contributed by atoms with E-state index in [2.05, 4.69) is 4.90 Å². The van der Waals surface area contributed by atoms with Gasteiger partial charge in [-0.2, -0.15) is 0 Å². The first-order valence-corrected chi connectivity index (χ1v) is 11.6. The average Bonchev–Trinajstić information content (AvgIpc) is 3.19. The highest BCUT2D eigenvalue weighted by Crippen LogP contribution is 2.26. The Labute approximate surface area is 197 Å². The Morgan fingerprint density at radius 2 is 2.06 bits per heavy atom. The molecule has 1 heterocycles. The molecule has 2 aromatic rings. The van der Waals surface area contributed by atoms with E-state index < -0.39 is 29.8 Å². The van der Waals surface area contributed by atoms with Gasteiger partial charge in [-0.25, -0.2) is 8.78 Å². The number of aliphatic carboxylic acids is 1. The molecule has 2 aromatic carbocycles. The molecule has 0 spiro atoms. The third kappa shape index (κ3) is 7.21. The van der Waals surface area contributed by atoms with Crippen LogP contribution in [0.2, 0.25) is 5.02 Å². The summed E-state index contributed by atoms with van der Waals surface area (Å²) in [6, 6.07) is 9.64. The highest BCUT2D eigenvalue weighted by molar-refractivity contribution is 6.30. The molecule has 3 atom stereocenters. The van der Waals surface area contributed by atoms with Crippen molar-refractivity contribution in [2.45, 2.75) is 57.3 Å². The maximum absolute atomic E-state index is 14.3. The van der Waals surface area contributed by atoms with Gasteiger partial charge in [-0.15, -0.1) is 0 Å². The molecule has 0 saturated carbocycles. The van der Waals surface area contributed by atoms with E-state index in [0.717, 1.165) is 24.9 Å². The average molecular weight is 482 g/mol. The molecule has 1 aliphatic heterocycles. The molecule has 0 amide bonds. The summed E-state index contributed by atoms with van der Waals surface area (Å²) in [7, 11) is 0. The maximum Gasteiger partial charge on any atom is 0.303 e. The Balaban J connectivity index is 1.54. The minimum absolute atomic E-state index is 0.0643. The fraction of sp³-hybridized carbons (Fsp3) is 0.480. The second-order valence-corrected chi connectivity index (χ2v) is 8.98. The lowest BCUT2D eigenvalue weighted by molar-refractivity contribution is -0.136. The van der Waals surface area contributed by atoms with Gasteiger partial charge in [-0.3, -0.25) is 9.69 Å². The van der Waals surface area contributed by atoms with Crippen molar-refractivity contribution in [1.29, 1.82) is 0 Å². The second-order valence-electron chi connectivity index (χ2n) is 8.57. The van der Waals surface area contributed by atoms with Gasteiger partial charge in [0.2, 0.25) is 0 Å². The number of carbonyl (C=O) groups is 1. The Morgan fingerprint density at radius 1 is 1.27 bits per heavy atom. The number of carboxylic acids is 1. The lowest BCUT2D eigenvalue weighted by Crippen LogP contribution is -2.39. The quantitative estimate of drug-likeness (QED) is 0.483. The number of benzene rings is 2. The molecule has 2 N–H and O–H groups in total. The Bertz CT molecular complexity index is 958. The first kappa shape index (κ1) is 25.6. The van der Waals surface area contributed by atoms with E-state index >= 15 is 0 Å². The van der Waals surface area contributed by atoms with Crippen LogP contribution in [0.5, 0.6) is 0 Å². The van der Waals surface area contributed by atoms with Crippen LogP contribution >= 0.6 is 11.6 Å². The van der Waals surface area contributed by atoms with Crippen LogP contribution in [-0.4, -0.2) is 52.9 Å². The van der Waals surface area contributed by atoms with Crippen molar-refractivity contribution >= 4 is 17.6 Å². The third-order valence-electron chi connectivity index (χ3n) is 6.12. The number of nitrogens with zero attached hydrogens (tertiary/aromatic N) is 1. The van der Waals surface area contributed by atoms with Crippen LogP contribution in [0.3, 0.4) is 0 Å². The standard InChI is InChI=1S/C25H30ClF2NO4/c1-16(20-5-2-6-23(27)21(20)8-10-25(31)32)33-15-19(30)14-29-11-3-4-18(29)12-17-7-9-22(26)24(28)13-17/h2,5-7,9,13,16,18-19,30H,3-4,8,10-12,14-15H2,1H3,(H,31,32)/t16-,18+,19-/m1/s1. The molecule has 1 saturated heterocycles. The van der Waals surface area contributed by atoms with Crippen molar-refractivity contribution in [2.75, 3.05) is 19.7 Å². The first-order chi connectivity index (χ1) is 15.7. The van der Waals surface area contributed by atoms with Crippen molar-refractivity contribution in [3.63, 3.8) is 0 Å². The van der Waals surface area contributed by atoms with Crippen LogP contribution in [0.25, 0.3) is 0 Å². The molecule has 8 heteroatoms. The minimum Gasteiger partial charge on any atom is -0.481 e. The van der Waals surface area contributed by atoms with Crippen molar-refractivity contribution in [1.82, 2.24) is 4.90 Å². The number of hydrogen-bond donors (Lipinski definition) is 2. The van der Waals surface area contributed by atoms with Gasteiger partial charge >= 0.3 is 5.97 Å². The first-order valence-electron chi connectivity index (χ1n) is 11.2. The summed E-state index contributed by atoms with van der Waals surface area (Å²) in [5, 5.41) is 19.6. The monoisotopic (exact) mass is 481 g/mol. The molecular weight excluding hydrogens is 452 g/mol. The topological polar surface area (TPSA) is 70.0 Å². The summed E-state index contributed by atoms with van der Waals surface area (Å²) in [5.41, 5.74) is 1.79. The van der Waals surface area contributed by atoms with E-state index in [1.807, 2.05) is 6.07 Å². The van der Waals surface area contributed by atoms with Gasteiger partial charge in [0.25, 0.3) is 0 Å². The minimum atomic E-state index is -0.991. The number of ether oxygens (including phenoxy) is 1. The van der Waals surface area contributed by atoms with Crippen LogP contribution in [-0.2, 0) is 22.4 Å². The van der Waals surface area contributed by atoms with Gasteiger partial charge in [0.05, 0.1) is 23.8 Å². The number of aliphatic hydroxyl groups is 1. The van der Waals surface area contributed by atoms with E-state index in [1.54, 1.807) is 25.1 Å². The number of carboxylic acid groups (broad SMARTS) is 1. The molecule has 1 aliphatic rings. The fourth-order valence-electron chi connectivity index (χ4n) is 4.43. The number of halogens is 3. The molecule has 0 aliphatic carbocycles. The number of rotatable bonds is 11. The maximum atomic E-state index is 14.3. The Hall–Kier alpha value is -2.06. The number of β-amino-alcohol motifs (C(OH)–C–C–N with tert-alkyl or cyclic N) is 1. The zero-order valence-electron chi connectivity index (χ0n) is 18.6. The van der Waals surface area contributed by atoms with Crippen LogP contribution in [0.1, 0.15) is 49.0 Å². The van der Waals surface area contributed by atoms with Crippen LogP contribution < -0.4 is 0 Å². The molecule has 33 heavy (non-hydrogen) atoms. The van der Waals surface area contributed by atoms with Crippen molar-refractivity contribution in [2.24, 2.45) is 0 Å². The molecule has 1 fully saturated rings. The summed E-state index contributed by atoms with van der Waals surface area (Å²) in [4.78, 5) is 13.1. The van der Waals surface area contributed by atoms with Crippen LogP contribution in [0.15, 0.2) is 36.4 Å². The van der Waals surface area contributed by atoms with Crippen LogP contribution in [0, 0.1) is 11.6 Å². The van der Waals surface area contributed by atoms with Crippen molar-refractivity contribution in [3.8, 4) is 0 Å². The fourth-order valence-corrected chi connectivity index (χ4v) is 4.54. The van der Waals surface area contributed by atoms with E-state index in [0.29, 0.717) is 24.1 Å². The van der Waals surface area contributed by atoms with Gasteiger partial charge in [0.1, 0.15) is 11.6 Å². The number of aliphatic hydroxyl groups excluding tert-OH is 1. The molecule has 180 valence electrons. The highest BCUT2D eigenvalue weighted by atomic mass is 35.5. The van der Waals surface area contributed by atoms with Gasteiger partial charge in [0, 0.05) is 19.0 Å². The summed E-state index contributed by atoms with van der Waals surface area (Å²) in [6.45, 7) is 3.09. The van der Waals surface area contributed by atoms with Crippen LogP contribution in [0.4, 0.5) is 8.78 Å². The second kappa shape index (κ2) is 11.9. The lowest BCUT2D eigenvalue weighted by atomic mass is 9.98. The summed E-state index contributed by atoms with van der Waals surface area (Å²) in [5.74, 6) is -1.88. The highest BCUT2D eigenvalue weighted by Gasteiger charge is 2.27. The van der Waals surface area contributed by atoms with E-state index in [4.69, 9.17) is 21.4 Å². The Morgan fingerprint density at radius 3 is 2.79 bits per heavy atom. The molecule has 0 radical (unpaired) electrons. The van der Waals surface area contributed by atoms with Crippen molar-refractivity contribution < 1.29 is 28.5 Å². The van der Waals surface area contributed by atoms with Gasteiger partial charge in [-0.1, -0.05) is 29.8 Å². The molecule has 3 rings (SSSR count). The third-order valence-corrected chi connectivity index (χ3v) is 6.43. The molecule has 5 nitrogen and oxygen atoms in total. The summed E-state index contributed by atoms with van der Waals surface area (Å²) >= 11 is 5.77. The number of likely N-dealkylation sites (tertiary alicyclic amines) is 1. The van der Waals surface area contributed by atoms with Gasteiger partial charge in [0.15, 0.2) is 0 Å². The zero-order chi connectivity index (χ0) is 24.0. The van der Waals surface area contributed by atoms with Gasteiger partial charge in [-0.05, 0) is 74.0 Å². The predicted molar refractivity (Wildman–Crippen MR) is 122 cm³/mol.